The molecule has 0 amide bonds. The van der Waals surface area contributed by atoms with Gasteiger partial charge in [-0.1, -0.05) is 13.8 Å². The third kappa shape index (κ3) is 3.75. The topological polar surface area (TPSA) is 46.1 Å². The molecule has 0 radical (unpaired) electrons. The lowest BCUT2D eigenvalue weighted by molar-refractivity contribution is -0.120. The van der Waals surface area contributed by atoms with Crippen molar-refractivity contribution in [3.8, 4) is 0 Å². The number of carbonyl (C=O) groups is 1. The second-order valence-electron chi connectivity index (χ2n) is 5.86. The van der Waals surface area contributed by atoms with E-state index in [4.69, 9.17) is 0 Å². The summed E-state index contributed by atoms with van der Waals surface area (Å²) in [5.74, 6) is 1.90. The van der Waals surface area contributed by atoms with Gasteiger partial charge in [0, 0.05) is 25.9 Å². The van der Waals surface area contributed by atoms with Crippen molar-refractivity contribution in [2.24, 2.45) is 5.92 Å². The summed E-state index contributed by atoms with van der Waals surface area (Å²) in [7, 11) is 2.05. The Balaban J connectivity index is 1.99. The maximum atomic E-state index is 11.3. The van der Waals surface area contributed by atoms with Crippen molar-refractivity contribution in [3.05, 3.63) is 17.8 Å². The molecule has 2 rings (SSSR count). The zero-order chi connectivity index (χ0) is 13.8. The minimum atomic E-state index is 0.392. The van der Waals surface area contributed by atoms with Crippen LogP contribution in [-0.4, -0.2) is 29.1 Å². The van der Waals surface area contributed by atoms with Crippen molar-refractivity contribution in [3.63, 3.8) is 0 Å². The molecule has 1 fully saturated rings. The smallest absolute Gasteiger partial charge is 0.151 e. The zero-order valence-electron chi connectivity index (χ0n) is 12.1. The average molecular weight is 261 g/mol. The standard InChI is InChI=1S/C15H23N3O/c1-11(2)10-12-4-9-15(17-16-12)18(3)13-5-7-14(19)8-6-13/h4,9,11,13H,5-8,10H2,1-3H3. The highest BCUT2D eigenvalue weighted by Gasteiger charge is 2.23. The lowest BCUT2D eigenvalue weighted by Gasteiger charge is -2.31. The number of rotatable bonds is 4. The molecule has 1 aliphatic rings. The molecule has 0 aromatic carbocycles. The molecule has 0 unspecified atom stereocenters. The van der Waals surface area contributed by atoms with Gasteiger partial charge in [-0.2, -0.15) is 5.10 Å². The Kier molecular flexibility index (Phi) is 4.51. The monoisotopic (exact) mass is 261 g/mol. The third-order valence-electron chi connectivity index (χ3n) is 3.74. The molecule has 0 saturated heterocycles. The molecule has 104 valence electrons. The van der Waals surface area contributed by atoms with Crippen LogP contribution in [0.3, 0.4) is 0 Å². The molecule has 1 aromatic heterocycles. The van der Waals surface area contributed by atoms with Crippen molar-refractivity contribution in [1.29, 1.82) is 0 Å². The number of aromatic nitrogens is 2. The van der Waals surface area contributed by atoms with Crippen LogP contribution in [0.15, 0.2) is 12.1 Å². The fraction of sp³-hybridized carbons (Fsp3) is 0.667. The van der Waals surface area contributed by atoms with Gasteiger partial charge in [0.1, 0.15) is 5.78 Å². The molecule has 19 heavy (non-hydrogen) atoms. The Hall–Kier alpha value is -1.45. The Bertz CT molecular complexity index is 418. The largest absolute Gasteiger partial charge is 0.355 e. The molecule has 1 aliphatic carbocycles. The first-order chi connectivity index (χ1) is 9.06. The molecule has 0 bridgehead atoms. The minimum absolute atomic E-state index is 0.392. The van der Waals surface area contributed by atoms with E-state index in [-0.39, 0.29) is 0 Å². The highest BCUT2D eigenvalue weighted by Crippen LogP contribution is 2.23. The number of anilines is 1. The van der Waals surface area contributed by atoms with Gasteiger partial charge in [-0.15, -0.1) is 5.10 Å². The zero-order valence-corrected chi connectivity index (χ0v) is 12.1. The molecule has 4 nitrogen and oxygen atoms in total. The summed E-state index contributed by atoms with van der Waals surface area (Å²) in [5.41, 5.74) is 1.05. The van der Waals surface area contributed by atoms with Crippen molar-refractivity contribution in [2.45, 2.75) is 52.0 Å². The van der Waals surface area contributed by atoms with E-state index in [2.05, 4.69) is 35.0 Å². The summed E-state index contributed by atoms with van der Waals surface area (Å²) >= 11 is 0. The Labute approximate surface area is 115 Å². The number of nitrogens with zero attached hydrogens (tertiary/aromatic N) is 3. The first-order valence-corrected chi connectivity index (χ1v) is 7.13. The van der Waals surface area contributed by atoms with Gasteiger partial charge in [0.05, 0.1) is 5.69 Å². The summed E-state index contributed by atoms with van der Waals surface area (Å²) in [5, 5.41) is 8.61. The van der Waals surface area contributed by atoms with E-state index in [0.29, 0.717) is 30.6 Å². The molecule has 0 aliphatic heterocycles. The van der Waals surface area contributed by atoms with E-state index in [0.717, 1.165) is 30.8 Å². The van der Waals surface area contributed by atoms with Crippen LogP contribution in [0.1, 0.15) is 45.2 Å². The highest BCUT2D eigenvalue weighted by atomic mass is 16.1. The van der Waals surface area contributed by atoms with Crippen LogP contribution >= 0.6 is 0 Å². The van der Waals surface area contributed by atoms with Gasteiger partial charge in [-0.25, -0.2) is 0 Å². The first kappa shape index (κ1) is 14.0. The summed E-state index contributed by atoms with van der Waals surface area (Å²) < 4.78 is 0. The normalized spacial score (nSPS) is 16.9. The fourth-order valence-electron chi connectivity index (χ4n) is 2.57. The first-order valence-electron chi connectivity index (χ1n) is 7.13. The summed E-state index contributed by atoms with van der Waals surface area (Å²) in [4.78, 5) is 13.4. The summed E-state index contributed by atoms with van der Waals surface area (Å²) in [6.07, 6.45) is 4.24. The molecule has 0 atom stereocenters. The van der Waals surface area contributed by atoms with E-state index < -0.39 is 0 Å². The van der Waals surface area contributed by atoms with Crippen LogP contribution in [0.4, 0.5) is 5.82 Å². The predicted octanol–water partition coefficient (Wildman–Crippen LogP) is 2.62. The van der Waals surface area contributed by atoms with Crippen LogP contribution in [0.2, 0.25) is 0 Å². The number of Topliss-reactive ketones (excluding diaryl/α,β-unsaturated/α-hetero) is 1. The van der Waals surface area contributed by atoms with Gasteiger partial charge < -0.3 is 4.90 Å². The lowest BCUT2D eigenvalue weighted by Crippen LogP contribution is -2.35. The van der Waals surface area contributed by atoms with E-state index >= 15 is 0 Å². The van der Waals surface area contributed by atoms with Crippen LogP contribution < -0.4 is 4.90 Å². The molecule has 0 N–H and O–H groups in total. The molecular formula is C15H23N3O. The fourth-order valence-corrected chi connectivity index (χ4v) is 2.57. The van der Waals surface area contributed by atoms with Crippen LogP contribution in [0.25, 0.3) is 0 Å². The third-order valence-corrected chi connectivity index (χ3v) is 3.74. The highest BCUT2D eigenvalue weighted by molar-refractivity contribution is 5.79. The Morgan fingerprint density at radius 1 is 1.26 bits per heavy atom. The number of hydrogen-bond donors (Lipinski definition) is 0. The van der Waals surface area contributed by atoms with Crippen LogP contribution in [-0.2, 0) is 11.2 Å². The second kappa shape index (κ2) is 6.13. The molecule has 4 heteroatoms. The maximum absolute atomic E-state index is 11.3. The maximum Gasteiger partial charge on any atom is 0.151 e. The van der Waals surface area contributed by atoms with Crippen molar-refractivity contribution in [1.82, 2.24) is 10.2 Å². The van der Waals surface area contributed by atoms with Gasteiger partial charge in [-0.3, -0.25) is 4.79 Å². The van der Waals surface area contributed by atoms with Crippen molar-refractivity contribution < 1.29 is 4.79 Å². The van der Waals surface area contributed by atoms with Gasteiger partial charge >= 0.3 is 0 Å². The van der Waals surface area contributed by atoms with Gasteiger partial charge in [0.25, 0.3) is 0 Å². The summed E-state index contributed by atoms with van der Waals surface area (Å²) in [6, 6.07) is 4.52. The van der Waals surface area contributed by atoms with Crippen LogP contribution in [0.5, 0.6) is 0 Å². The van der Waals surface area contributed by atoms with E-state index in [1.807, 2.05) is 13.1 Å². The Morgan fingerprint density at radius 2 is 1.95 bits per heavy atom. The lowest BCUT2D eigenvalue weighted by atomic mass is 9.93. The van der Waals surface area contributed by atoms with E-state index in [1.54, 1.807) is 0 Å². The predicted molar refractivity (Wildman–Crippen MR) is 76.2 cm³/mol. The number of ketones is 1. The minimum Gasteiger partial charge on any atom is -0.355 e. The average Bonchev–Trinajstić information content (AvgIpc) is 2.39. The van der Waals surface area contributed by atoms with Crippen LogP contribution in [0, 0.1) is 5.92 Å². The van der Waals surface area contributed by atoms with E-state index in [9.17, 15) is 4.79 Å². The Morgan fingerprint density at radius 3 is 2.47 bits per heavy atom. The quantitative estimate of drug-likeness (QED) is 0.836. The van der Waals surface area contributed by atoms with Gasteiger partial charge in [0.2, 0.25) is 0 Å². The molecule has 1 aromatic rings. The van der Waals surface area contributed by atoms with Gasteiger partial charge in [-0.05, 0) is 37.3 Å². The van der Waals surface area contributed by atoms with Crippen molar-refractivity contribution in [2.75, 3.05) is 11.9 Å². The molecule has 1 saturated carbocycles. The second-order valence-corrected chi connectivity index (χ2v) is 5.86. The van der Waals surface area contributed by atoms with E-state index in [1.165, 1.54) is 0 Å². The number of carbonyl (C=O) groups excluding carboxylic acids is 1. The summed E-state index contributed by atoms with van der Waals surface area (Å²) in [6.45, 7) is 4.36. The number of hydrogen-bond acceptors (Lipinski definition) is 4. The molecule has 1 heterocycles. The van der Waals surface area contributed by atoms with Gasteiger partial charge in [0.15, 0.2) is 5.82 Å². The molecule has 0 spiro atoms. The van der Waals surface area contributed by atoms with Crippen molar-refractivity contribution >= 4 is 11.6 Å². The molecular weight excluding hydrogens is 238 g/mol. The SMILES string of the molecule is CC(C)Cc1ccc(N(C)C2CCC(=O)CC2)nn1.